The van der Waals surface area contributed by atoms with Crippen LogP contribution in [0.25, 0.3) is 0 Å². The van der Waals surface area contributed by atoms with Crippen molar-refractivity contribution in [3.63, 3.8) is 0 Å². The van der Waals surface area contributed by atoms with Crippen LogP contribution in [0.5, 0.6) is 0 Å². The van der Waals surface area contributed by atoms with E-state index in [9.17, 15) is 20.1 Å². The van der Waals surface area contributed by atoms with Crippen LogP contribution in [-0.4, -0.2) is 115 Å². The van der Waals surface area contributed by atoms with E-state index in [0.717, 1.165) is 25.1 Å². The number of nitrogens with two attached hydrogens (primary N) is 2. The van der Waals surface area contributed by atoms with Crippen molar-refractivity contribution in [2.24, 2.45) is 17.4 Å². The normalized spacial score (nSPS) is 41.1. The summed E-state index contributed by atoms with van der Waals surface area (Å²) in [5.74, 6) is 0.359. The van der Waals surface area contributed by atoms with Crippen LogP contribution in [0, 0.1) is 5.92 Å². The Morgan fingerprint density at radius 1 is 1.28 bits per heavy atom. The molecule has 0 aromatic rings. The molecule has 3 heterocycles. The van der Waals surface area contributed by atoms with Crippen LogP contribution in [-0.2, 0) is 23.7 Å². The van der Waals surface area contributed by atoms with Gasteiger partial charge in [-0.3, -0.25) is 4.79 Å². The highest BCUT2D eigenvalue weighted by Gasteiger charge is 2.50. The predicted molar refractivity (Wildman–Crippen MR) is 141 cm³/mol. The first-order valence-electron chi connectivity index (χ1n) is 14.2. The lowest BCUT2D eigenvalue weighted by Gasteiger charge is -2.46. The molecule has 3 fully saturated rings. The Kier molecular flexibility index (Phi) is 11.0. The van der Waals surface area contributed by atoms with Crippen molar-refractivity contribution in [2.45, 2.75) is 100 Å². The fraction of sp³-hybridized carbons (Fsp3) is 0.885. The lowest BCUT2D eigenvalue weighted by Crippen LogP contribution is -2.67. The van der Waals surface area contributed by atoms with Gasteiger partial charge in [-0.05, 0) is 63.7 Å². The second kappa shape index (κ2) is 14.0. The van der Waals surface area contributed by atoms with Gasteiger partial charge in [0.2, 0.25) is 0 Å². The van der Waals surface area contributed by atoms with Gasteiger partial charge in [0, 0.05) is 19.0 Å². The molecule has 0 aromatic carbocycles. The van der Waals surface area contributed by atoms with E-state index in [1.54, 1.807) is 0 Å². The number of nitrogens with one attached hydrogen (secondary N) is 3. The highest BCUT2D eigenvalue weighted by atomic mass is 16.7. The predicted octanol–water partition coefficient (Wildman–Crippen LogP) is -2.24. The molecule has 10 atom stereocenters. The molecule has 3 aliphatic heterocycles. The van der Waals surface area contributed by atoms with Gasteiger partial charge < -0.3 is 61.7 Å². The summed E-state index contributed by atoms with van der Waals surface area (Å²) in [6, 6.07) is -1.39. The third-order valence-corrected chi connectivity index (χ3v) is 7.91. The quantitative estimate of drug-likeness (QED) is 0.127. The molecular formula is C26H47N5O8. The monoisotopic (exact) mass is 557 g/mol. The number of carbonyl (C=O) groups is 1. The van der Waals surface area contributed by atoms with E-state index in [1.165, 1.54) is 0 Å². The summed E-state index contributed by atoms with van der Waals surface area (Å²) in [6.45, 7) is 4.96. The average Bonchev–Trinajstić information content (AvgIpc) is 3.36. The van der Waals surface area contributed by atoms with Crippen LogP contribution >= 0.6 is 0 Å². The van der Waals surface area contributed by atoms with E-state index in [4.69, 9.17) is 30.4 Å². The largest absolute Gasteiger partial charge is 0.468 e. The number of β-amino-alcohol motifs (C(OH)–C–C–N with tert-alkyl or cyclic N) is 1. The van der Waals surface area contributed by atoms with E-state index in [2.05, 4.69) is 16.0 Å². The molecule has 1 amide bonds. The van der Waals surface area contributed by atoms with Crippen molar-refractivity contribution in [2.75, 3.05) is 39.3 Å². The summed E-state index contributed by atoms with van der Waals surface area (Å²) in [5, 5.41) is 42.0. The lowest BCUT2D eigenvalue weighted by molar-refractivity contribution is -0.282. The molecule has 13 heteroatoms. The number of ether oxygens (including phenoxy) is 4. The molecule has 224 valence electrons. The minimum atomic E-state index is -1.56. The number of hydrogen-bond acceptors (Lipinski definition) is 12. The molecule has 4 rings (SSSR count). The summed E-state index contributed by atoms with van der Waals surface area (Å²) in [7, 11) is 0. The zero-order valence-corrected chi connectivity index (χ0v) is 22.8. The average molecular weight is 558 g/mol. The molecule has 1 saturated carbocycles. The molecule has 0 spiro atoms. The highest BCUT2D eigenvalue weighted by Crippen LogP contribution is 2.31. The molecule has 1 aliphatic carbocycles. The number of carbonyl (C=O) groups excluding carboxylic acids is 1. The summed E-state index contributed by atoms with van der Waals surface area (Å²) in [6.07, 6.45) is -0.396. The number of allylic oxidation sites excluding steroid dienone is 1. The van der Waals surface area contributed by atoms with Crippen LogP contribution in [0.2, 0.25) is 0 Å². The fourth-order valence-electron chi connectivity index (χ4n) is 5.64. The van der Waals surface area contributed by atoms with Gasteiger partial charge in [-0.25, -0.2) is 0 Å². The number of amides is 1. The van der Waals surface area contributed by atoms with Gasteiger partial charge in [0.05, 0.1) is 19.2 Å². The summed E-state index contributed by atoms with van der Waals surface area (Å²) in [4.78, 5) is 13.0. The molecule has 39 heavy (non-hydrogen) atoms. The van der Waals surface area contributed by atoms with E-state index in [1.807, 2.05) is 13.0 Å². The van der Waals surface area contributed by atoms with Crippen LogP contribution in [0.3, 0.4) is 0 Å². The van der Waals surface area contributed by atoms with Crippen LogP contribution < -0.4 is 27.4 Å². The molecule has 10 N–H and O–H groups in total. The second-order valence-corrected chi connectivity index (χ2v) is 11.4. The van der Waals surface area contributed by atoms with Crippen molar-refractivity contribution in [3.05, 3.63) is 11.8 Å². The number of aliphatic hydroxyl groups is 3. The Labute approximate surface area is 229 Å². The molecule has 4 aliphatic rings. The van der Waals surface area contributed by atoms with Crippen LogP contribution in [0.4, 0.5) is 0 Å². The van der Waals surface area contributed by atoms with Crippen molar-refractivity contribution >= 4 is 5.91 Å². The smallest absolute Gasteiger partial charge is 0.253 e. The first-order valence-corrected chi connectivity index (χ1v) is 14.2. The van der Waals surface area contributed by atoms with Crippen LogP contribution in [0.15, 0.2) is 11.8 Å². The van der Waals surface area contributed by atoms with Crippen LogP contribution in [0.1, 0.15) is 45.4 Å². The molecule has 1 unspecified atom stereocenters. The third kappa shape index (κ3) is 7.88. The van der Waals surface area contributed by atoms with Crippen molar-refractivity contribution in [1.29, 1.82) is 0 Å². The van der Waals surface area contributed by atoms with Gasteiger partial charge in [0.15, 0.2) is 18.2 Å². The van der Waals surface area contributed by atoms with Gasteiger partial charge in [0.1, 0.15) is 30.2 Å². The first kappa shape index (κ1) is 30.6. The van der Waals surface area contributed by atoms with E-state index in [-0.39, 0.29) is 25.3 Å². The van der Waals surface area contributed by atoms with Gasteiger partial charge in [-0.15, -0.1) is 0 Å². The zero-order valence-electron chi connectivity index (χ0n) is 22.8. The number of aliphatic hydroxyl groups excluding tert-OH is 2. The van der Waals surface area contributed by atoms with Crippen molar-refractivity contribution in [3.8, 4) is 0 Å². The maximum atomic E-state index is 13.0. The zero-order chi connectivity index (χ0) is 28.0. The SMILES string of the molecule is C[C@@H]1CO[C@H](O[C@@H]2[C@@H](O)[C@H](O[C@@H]3CCC=C(CNCCCN)O3)[C@@H](N)C[C@H]2NC(=O)C2(O)CCNC2)[C@H](O)C1. The Bertz CT molecular complexity index is 828. The van der Waals surface area contributed by atoms with E-state index in [0.29, 0.717) is 39.1 Å². The Morgan fingerprint density at radius 3 is 2.82 bits per heavy atom. The molecule has 2 saturated heterocycles. The van der Waals surface area contributed by atoms with Gasteiger partial charge in [0.25, 0.3) is 5.91 Å². The second-order valence-electron chi connectivity index (χ2n) is 11.4. The molecule has 0 aromatic heterocycles. The Hall–Kier alpha value is -1.39. The van der Waals surface area contributed by atoms with E-state index >= 15 is 0 Å². The maximum Gasteiger partial charge on any atom is 0.253 e. The third-order valence-electron chi connectivity index (χ3n) is 7.91. The Morgan fingerprint density at radius 2 is 2.10 bits per heavy atom. The van der Waals surface area contributed by atoms with Gasteiger partial charge in [-0.1, -0.05) is 6.92 Å². The molecular weight excluding hydrogens is 510 g/mol. The van der Waals surface area contributed by atoms with Crippen molar-refractivity contribution in [1.82, 2.24) is 16.0 Å². The van der Waals surface area contributed by atoms with Gasteiger partial charge in [-0.2, -0.15) is 0 Å². The van der Waals surface area contributed by atoms with E-state index < -0.39 is 60.6 Å². The summed E-state index contributed by atoms with van der Waals surface area (Å²) in [5.41, 5.74) is 10.5. The molecule has 0 radical (unpaired) electrons. The van der Waals surface area contributed by atoms with Gasteiger partial charge >= 0.3 is 0 Å². The van der Waals surface area contributed by atoms with Crippen molar-refractivity contribution < 1.29 is 39.1 Å². The highest BCUT2D eigenvalue weighted by molar-refractivity contribution is 5.86. The maximum absolute atomic E-state index is 13.0. The fourth-order valence-corrected chi connectivity index (χ4v) is 5.64. The minimum absolute atomic E-state index is 0.135. The topological polar surface area (TPSA) is 203 Å². The first-order chi connectivity index (χ1) is 18.7. The number of rotatable bonds is 11. The standard InChI is InChI=1S/C26H47N5O8/c1-15-10-19(32)24(36-13-15)39-23-18(31-25(34)26(35)6-9-30-14-26)11-17(28)22(21(23)33)38-20-5-2-4-16(37-20)12-29-8-3-7-27/h4,15,17-24,29-30,32-33,35H,2-3,5-14,27-28H2,1H3,(H,31,34)/t15-,17-,18+,19+,20+,21-,22+,23-,24+,26?/m0/s1. The summed E-state index contributed by atoms with van der Waals surface area (Å²) >= 11 is 0. The number of hydrogen-bond donors (Lipinski definition) is 8. The Balaban J connectivity index is 1.43. The summed E-state index contributed by atoms with van der Waals surface area (Å²) < 4.78 is 24.1. The molecule has 13 nitrogen and oxygen atoms in total. The minimum Gasteiger partial charge on any atom is -0.468 e. The molecule has 0 bridgehead atoms. The lowest BCUT2D eigenvalue weighted by atomic mass is 9.83.